The van der Waals surface area contributed by atoms with Crippen molar-refractivity contribution in [1.29, 1.82) is 0 Å². The van der Waals surface area contributed by atoms with Gasteiger partial charge in [-0.05, 0) is 52.3 Å². The molecule has 92 valence electrons. The molecule has 2 heteroatoms. The van der Waals surface area contributed by atoms with Crippen LogP contribution in [0.2, 0.25) is 0 Å². The van der Waals surface area contributed by atoms with Crippen molar-refractivity contribution >= 4 is 28.4 Å². The minimum Gasteiger partial charge on any atom is -0.294 e. The fourth-order valence-corrected chi connectivity index (χ4v) is 2.34. The molecule has 0 saturated carbocycles. The highest BCUT2D eigenvalue weighted by Gasteiger charge is 2.10. The van der Waals surface area contributed by atoms with E-state index in [4.69, 9.17) is 0 Å². The Hall–Kier alpha value is -1.16. The van der Waals surface area contributed by atoms with Crippen LogP contribution in [0, 0.1) is 3.57 Å². The summed E-state index contributed by atoms with van der Waals surface area (Å²) in [5.74, 6) is 0.202. The molecular weight excluding hydrogens is 335 g/mol. The lowest BCUT2D eigenvalue weighted by Crippen LogP contribution is -2.06. The Morgan fingerprint density at radius 2 is 1.72 bits per heavy atom. The van der Waals surface area contributed by atoms with Gasteiger partial charge in [0.1, 0.15) is 0 Å². The van der Waals surface area contributed by atoms with Crippen LogP contribution >= 0.6 is 22.6 Å². The molecule has 0 heterocycles. The van der Waals surface area contributed by atoms with Gasteiger partial charge in [0, 0.05) is 15.6 Å². The van der Waals surface area contributed by atoms with Crippen molar-refractivity contribution in [2.45, 2.75) is 19.8 Å². The third-order valence-corrected chi connectivity index (χ3v) is 3.70. The van der Waals surface area contributed by atoms with Crippen LogP contribution < -0.4 is 0 Å². The van der Waals surface area contributed by atoms with E-state index in [2.05, 4.69) is 29.5 Å². The molecule has 0 unspecified atom stereocenters. The number of hydrogen-bond donors (Lipinski definition) is 0. The second kappa shape index (κ2) is 6.14. The summed E-state index contributed by atoms with van der Waals surface area (Å²) in [6, 6.07) is 16.0. The topological polar surface area (TPSA) is 17.1 Å². The Morgan fingerprint density at radius 3 is 2.39 bits per heavy atom. The van der Waals surface area contributed by atoms with Gasteiger partial charge in [0.2, 0.25) is 0 Å². The van der Waals surface area contributed by atoms with Gasteiger partial charge in [-0.2, -0.15) is 0 Å². The van der Waals surface area contributed by atoms with Crippen molar-refractivity contribution in [1.82, 2.24) is 0 Å². The monoisotopic (exact) mass is 350 g/mol. The largest absolute Gasteiger partial charge is 0.294 e. The van der Waals surface area contributed by atoms with Gasteiger partial charge in [-0.3, -0.25) is 4.79 Å². The van der Waals surface area contributed by atoms with Gasteiger partial charge >= 0.3 is 0 Å². The quantitative estimate of drug-likeness (QED) is 0.594. The van der Waals surface area contributed by atoms with E-state index in [1.165, 1.54) is 3.57 Å². The minimum atomic E-state index is 0.202. The normalized spacial score (nSPS) is 10.3. The maximum Gasteiger partial charge on any atom is 0.167 e. The molecule has 0 saturated heterocycles. The molecule has 0 fully saturated rings. The molecule has 0 aliphatic rings. The third-order valence-electron chi connectivity index (χ3n) is 2.98. The molecule has 0 N–H and O–H groups in total. The lowest BCUT2D eigenvalue weighted by atomic mass is 9.97. The Bertz CT molecular complexity index is 543. The summed E-state index contributed by atoms with van der Waals surface area (Å²) in [6.07, 6.45) is 1.38. The molecule has 0 amide bonds. The number of ketones is 1. The van der Waals surface area contributed by atoms with Crippen molar-refractivity contribution in [3.8, 4) is 0 Å². The average Bonchev–Trinajstić information content (AvgIpc) is 2.41. The first-order chi connectivity index (χ1) is 8.70. The SMILES string of the molecule is CCc1ccccc1C(=O)Cc1ccc(I)cc1. The number of Topliss-reactive ketones (excluding diaryl/α,β-unsaturated/α-hetero) is 1. The van der Waals surface area contributed by atoms with E-state index >= 15 is 0 Å². The van der Waals surface area contributed by atoms with E-state index in [0.29, 0.717) is 6.42 Å². The molecule has 0 aliphatic carbocycles. The summed E-state index contributed by atoms with van der Waals surface area (Å²) in [5, 5.41) is 0. The van der Waals surface area contributed by atoms with Crippen LogP contribution in [0.3, 0.4) is 0 Å². The number of hydrogen-bond acceptors (Lipinski definition) is 1. The van der Waals surface area contributed by atoms with Crippen molar-refractivity contribution in [3.05, 3.63) is 68.8 Å². The Labute approximate surface area is 121 Å². The number of carbonyl (C=O) groups excluding carboxylic acids is 1. The molecule has 2 aromatic carbocycles. The molecule has 18 heavy (non-hydrogen) atoms. The summed E-state index contributed by atoms with van der Waals surface area (Å²) in [4.78, 5) is 12.3. The molecule has 0 aromatic heterocycles. The molecule has 0 bridgehead atoms. The van der Waals surface area contributed by atoms with Gasteiger partial charge in [-0.15, -0.1) is 0 Å². The van der Waals surface area contributed by atoms with E-state index in [9.17, 15) is 4.79 Å². The minimum absolute atomic E-state index is 0.202. The Kier molecular flexibility index (Phi) is 4.53. The maximum atomic E-state index is 12.3. The standard InChI is InChI=1S/C16H15IO/c1-2-13-5-3-4-6-15(13)16(18)11-12-7-9-14(17)10-8-12/h3-10H,2,11H2,1H3. The summed E-state index contributed by atoms with van der Waals surface area (Å²) >= 11 is 2.27. The summed E-state index contributed by atoms with van der Waals surface area (Å²) in [5.41, 5.74) is 3.07. The van der Waals surface area contributed by atoms with Crippen molar-refractivity contribution in [2.75, 3.05) is 0 Å². The number of benzene rings is 2. The van der Waals surface area contributed by atoms with Crippen molar-refractivity contribution in [3.63, 3.8) is 0 Å². The third kappa shape index (κ3) is 3.19. The molecule has 0 radical (unpaired) electrons. The number of aryl methyl sites for hydroxylation is 1. The van der Waals surface area contributed by atoms with E-state index in [1.54, 1.807) is 0 Å². The average molecular weight is 350 g/mol. The van der Waals surface area contributed by atoms with E-state index in [-0.39, 0.29) is 5.78 Å². The summed E-state index contributed by atoms with van der Waals surface area (Å²) < 4.78 is 1.19. The number of rotatable bonds is 4. The second-order valence-electron chi connectivity index (χ2n) is 4.24. The lowest BCUT2D eigenvalue weighted by molar-refractivity contribution is 0.0992. The summed E-state index contributed by atoms with van der Waals surface area (Å²) in [6.45, 7) is 2.08. The molecule has 0 aliphatic heterocycles. The zero-order valence-electron chi connectivity index (χ0n) is 10.3. The zero-order valence-corrected chi connectivity index (χ0v) is 12.5. The predicted octanol–water partition coefficient (Wildman–Crippen LogP) is 4.28. The molecule has 0 spiro atoms. The van der Waals surface area contributed by atoms with Gasteiger partial charge in [0.05, 0.1) is 0 Å². The van der Waals surface area contributed by atoms with E-state index in [0.717, 1.165) is 23.1 Å². The first kappa shape index (κ1) is 13.3. The van der Waals surface area contributed by atoms with E-state index in [1.807, 2.05) is 48.5 Å². The maximum absolute atomic E-state index is 12.3. The molecule has 2 aromatic rings. The molecule has 2 rings (SSSR count). The molecular formula is C16H15IO. The highest BCUT2D eigenvalue weighted by molar-refractivity contribution is 14.1. The van der Waals surface area contributed by atoms with Crippen LogP contribution in [0.5, 0.6) is 0 Å². The molecule has 1 nitrogen and oxygen atoms in total. The van der Waals surface area contributed by atoms with Gasteiger partial charge in [0.15, 0.2) is 5.78 Å². The van der Waals surface area contributed by atoms with E-state index < -0.39 is 0 Å². The van der Waals surface area contributed by atoms with Gasteiger partial charge in [0.25, 0.3) is 0 Å². The van der Waals surface area contributed by atoms with Crippen LogP contribution in [0.4, 0.5) is 0 Å². The van der Waals surface area contributed by atoms with Crippen LogP contribution in [-0.4, -0.2) is 5.78 Å². The van der Waals surface area contributed by atoms with Crippen molar-refractivity contribution in [2.24, 2.45) is 0 Å². The van der Waals surface area contributed by atoms with Crippen molar-refractivity contribution < 1.29 is 4.79 Å². The smallest absolute Gasteiger partial charge is 0.167 e. The predicted molar refractivity (Wildman–Crippen MR) is 83.0 cm³/mol. The molecule has 0 atom stereocenters. The number of carbonyl (C=O) groups is 1. The fraction of sp³-hybridized carbons (Fsp3) is 0.188. The van der Waals surface area contributed by atoms with Crippen LogP contribution in [0.1, 0.15) is 28.4 Å². The van der Waals surface area contributed by atoms with Crippen LogP contribution in [-0.2, 0) is 12.8 Å². The second-order valence-corrected chi connectivity index (χ2v) is 5.48. The van der Waals surface area contributed by atoms with Gasteiger partial charge < -0.3 is 0 Å². The Morgan fingerprint density at radius 1 is 1.06 bits per heavy atom. The zero-order chi connectivity index (χ0) is 13.0. The fourth-order valence-electron chi connectivity index (χ4n) is 1.98. The highest BCUT2D eigenvalue weighted by atomic mass is 127. The van der Waals surface area contributed by atoms with Gasteiger partial charge in [-0.25, -0.2) is 0 Å². The number of halogens is 1. The lowest BCUT2D eigenvalue weighted by Gasteiger charge is -2.06. The Balaban J connectivity index is 2.19. The van der Waals surface area contributed by atoms with Crippen LogP contribution in [0.25, 0.3) is 0 Å². The van der Waals surface area contributed by atoms with Crippen LogP contribution in [0.15, 0.2) is 48.5 Å². The first-order valence-electron chi connectivity index (χ1n) is 6.06. The first-order valence-corrected chi connectivity index (χ1v) is 7.14. The highest BCUT2D eigenvalue weighted by Crippen LogP contribution is 2.14. The van der Waals surface area contributed by atoms with Gasteiger partial charge in [-0.1, -0.05) is 43.3 Å². The summed E-state index contributed by atoms with van der Waals surface area (Å²) in [7, 11) is 0.